The molecule has 6 nitrogen and oxygen atoms in total. The number of amides is 1. The summed E-state index contributed by atoms with van der Waals surface area (Å²) in [6, 6.07) is 5.24. The van der Waals surface area contributed by atoms with Crippen LogP contribution in [0, 0.1) is 0 Å². The summed E-state index contributed by atoms with van der Waals surface area (Å²) >= 11 is 0. The van der Waals surface area contributed by atoms with Crippen molar-refractivity contribution in [3.05, 3.63) is 36.4 Å². The smallest absolute Gasteiger partial charge is 0.223 e. The number of rotatable bonds is 6. The Morgan fingerprint density at radius 3 is 2.50 bits per heavy atom. The van der Waals surface area contributed by atoms with Crippen LogP contribution in [0.3, 0.4) is 0 Å². The van der Waals surface area contributed by atoms with Crippen LogP contribution in [0.15, 0.2) is 30.9 Å². The minimum absolute atomic E-state index is 0.0423. The number of benzene rings is 1. The first kappa shape index (κ1) is 18.5. The molecule has 1 aromatic rings. The molecule has 0 bridgehead atoms. The monoisotopic (exact) mass is 358 g/mol. The van der Waals surface area contributed by atoms with E-state index in [0.717, 1.165) is 26.1 Å². The van der Waals surface area contributed by atoms with E-state index in [9.17, 15) is 9.59 Å². The van der Waals surface area contributed by atoms with Crippen molar-refractivity contribution in [2.75, 3.05) is 45.9 Å². The topological polar surface area (TPSA) is 59.1 Å². The number of fused-ring (bicyclic) bond motifs is 1. The number of piperazine rings is 1. The van der Waals surface area contributed by atoms with E-state index in [4.69, 9.17) is 9.47 Å². The fraction of sp³-hybridized carbons (Fsp3) is 0.500. The first-order valence-corrected chi connectivity index (χ1v) is 9.21. The van der Waals surface area contributed by atoms with E-state index in [-0.39, 0.29) is 24.5 Å². The summed E-state index contributed by atoms with van der Waals surface area (Å²) in [6.07, 6.45) is 3.16. The lowest BCUT2D eigenvalue weighted by Crippen LogP contribution is -2.48. The quantitative estimate of drug-likeness (QED) is 0.576. The van der Waals surface area contributed by atoms with Crippen LogP contribution in [0.4, 0.5) is 0 Å². The van der Waals surface area contributed by atoms with Crippen LogP contribution in [-0.4, -0.2) is 67.4 Å². The summed E-state index contributed by atoms with van der Waals surface area (Å²) in [6.45, 7) is 8.93. The molecule has 2 aliphatic rings. The second-order valence-electron chi connectivity index (χ2n) is 6.61. The molecule has 0 spiro atoms. The summed E-state index contributed by atoms with van der Waals surface area (Å²) in [5.74, 6) is 1.29. The molecule has 1 saturated heterocycles. The van der Waals surface area contributed by atoms with E-state index in [0.29, 0.717) is 43.4 Å². The Morgan fingerprint density at radius 1 is 1.04 bits per heavy atom. The fourth-order valence-electron chi connectivity index (χ4n) is 3.22. The van der Waals surface area contributed by atoms with Gasteiger partial charge in [-0.25, -0.2) is 0 Å². The van der Waals surface area contributed by atoms with E-state index >= 15 is 0 Å². The largest absolute Gasteiger partial charge is 0.490 e. The molecule has 0 unspecified atom stereocenters. The lowest BCUT2D eigenvalue weighted by molar-refractivity contribution is -0.132. The molecule has 2 heterocycles. The minimum Gasteiger partial charge on any atom is -0.490 e. The Bertz CT molecular complexity index is 666. The van der Waals surface area contributed by atoms with Crippen LogP contribution in [0.2, 0.25) is 0 Å². The fourth-order valence-corrected chi connectivity index (χ4v) is 3.22. The van der Waals surface area contributed by atoms with Crippen molar-refractivity contribution in [3.63, 3.8) is 0 Å². The van der Waals surface area contributed by atoms with E-state index in [1.165, 1.54) is 0 Å². The van der Waals surface area contributed by atoms with E-state index < -0.39 is 0 Å². The Hall–Kier alpha value is -2.34. The minimum atomic E-state index is -0.0423. The van der Waals surface area contributed by atoms with Crippen LogP contribution in [0.25, 0.3) is 0 Å². The van der Waals surface area contributed by atoms with Gasteiger partial charge < -0.3 is 14.4 Å². The highest BCUT2D eigenvalue weighted by atomic mass is 16.5. The van der Waals surface area contributed by atoms with Crippen LogP contribution >= 0.6 is 0 Å². The van der Waals surface area contributed by atoms with E-state index in [1.807, 2.05) is 11.0 Å². The van der Waals surface area contributed by atoms with Gasteiger partial charge in [0, 0.05) is 57.5 Å². The van der Waals surface area contributed by atoms with E-state index in [1.54, 1.807) is 18.2 Å². The number of hydrogen-bond donors (Lipinski definition) is 0. The van der Waals surface area contributed by atoms with Gasteiger partial charge in [0.2, 0.25) is 5.91 Å². The Kier molecular flexibility index (Phi) is 6.28. The molecule has 0 N–H and O–H groups in total. The third-order valence-electron chi connectivity index (χ3n) is 4.75. The maximum absolute atomic E-state index is 12.5. The number of ether oxygens (including phenoxy) is 2. The predicted octanol–water partition coefficient (Wildman–Crippen LogP) is 2.14. The van der Waals surface area contributed by atoms with Crippen molar-refractivity contribution in [3.8, 4) is 11.5 Å². The molecule has 2 aliphatic heterocycles. The first-order chi connectivity index (χ1) is 12.7. The standard InChI is InChI=1S/C20H26N2O4/c1-2-8-21-9-11-22(12-10-21)20(24)7-5-17(23)16-4-6-18-19(15-16)26-14-3-13-25-18/h2,4,6,15H,1,3,5,7-14H2. The van der Waals surface area contributed by atoms with Crippen molar-refractivity contribution >= 4 is 11.7 Å². The molecule has 1 fully saturated rings. The van der Waals surface area contributed by atoms with Gasteiger partial charge in [0.05, 0.1) is 13.2 Å². The SMILES string of the molecule is C=CCN1CCN(C(=O)CCC(=O)c2ccc3c(c2)OCCCO3)CC1. The summed E-state index contributed by atoms with van der Waals surface area (Å²) in [7, 11) is 0. The molecular weight excluding hydrogens is 332 g/mol. The number of ketones is 1. The normalized spacial score (nSPS) is 17.5. The molecule has 0 aliphatic carbocycles. The molecule has 6 heteroatoms. The summed E-state index contributed by atoms with van der Waals surface area (Å²) in [4.78, 5) is 28.9. The van der Waals surface area contributed by atoms with Gasteiger partial charge in [0.1, 0.15) is 0 Å². The van der Waals surface area contributed by atoms with Gasteiger partial charge in [-0.15, -0.1) is 6.58 Å². The summed E-state index contributed by atoms with van der Waals surface area (Å²) < 4.78 is 11.2. The van der Waals surface area contributed by atoms with E-state index in [2.05, 4.69) is 11.5 Å². The average Bonchev–Trinajstić information content (AvgIpc) is 2.91. The lowest BCUT2D eigenvalue weighted by Gasteiger charge is -2.34. The highest BCUT2D eigenvalue weighted by Crippen LogP contribution is 2.30. The van der Waals surface area contributed by atoms with Crippen molar-refractivity contribution in [1.82, 2.24) is 9.80 Å². The summed E-state index contributed by atoms with van der Waals surface area (Å²) in [5, 5.41) is 0. The van der Waals surface area contributed by atoms with Gasteiger partial charge >= 0.3 is 0 Å². The van der Waals surface area contributed by atoms with Gasteiger partial charge in [0.25, 0.3) is 0 Å². The third kappa shape index (κ3) is 4.64. The highest BCUT2D eigenvalue weighted by Gasteiger charge is 2.21. The molecule has 3 rings (SSSR count). The van der Waals surface area contributed by atoms with Gasteiger partial charge in [-0.1, -0.05) is 6.08 Å². The Balaban J connectivity index is 1.50. The second-order valence-corrected chi connectivity index (χ2v) is 6.61. The number of carbonyl (C=O) groups excluding carboxylic acids is 2. The first-order valence-electron chi connectivity index (χ1n) is 9.21. The number of hydrogen-bond acceptors (Lipinski definition) is 5. The van der Waals surface area contributed by atoms with Crippen LogP contribution < -0.4 is 9.47 Å². The molecule has 0 aromatic heterocycles. The predicted molar refractivity (Wildman–Crippen MR) is 98.8 cm³/mol. The van der Waals surface area contributed by atoms with Crippen molar-refractivity contribution in [2.24, 2.45) is 0 Å². The third-order valence-corrected chi connectivity index (χ3v) is 4.75. The molecular formula is C20H26N2O4. The molecule has 26 heavy (non-hydrogen) atoms. The van der Waals surface area contributed by atoms with Crippen molar-refractivity contribution in [2.45, 2.75) is 19.3 Å². The Morgan fingerprint density at radius 2 is 1.77 bits per heavy atom. The van der Waals surface area contributed by atoms with Crippen molar-refractivity contribution < 1.29 is 19.1 Å². The zero-order chi connectivity index (χ0) is 18.4. The van der Waals surface area contributed by atoms with Gasteiger partial charge in [-0.2, -0.15) is 0 Å². The zero-order valence-electron chi connectivity index (χ0n) is 15.1. The van der Waals surface area contributed by atoms with Crippen LogP contribution in [-0.2, 0) is 4.79 Å². The lowest BCUT2D eigenvalue weighted by atomic mass is 10.1. The van der Waals surface area contributed by atoms with Crippen LogP contribution in [0.1, 0.15) is 29.6 Å². The van der Waals surface area contributed by atoms with Crippen LogP contribution in [0.5, 0.6) is 11.5 Å². The number of nitrogens with zero attached hydrogens (tertiary/aromatic N) is 2. The molecule has 0 radical (unpaired) electrons. The molecule has 1 aromatic carbocycles. The number of carbonyl (C=O) groups is 2. The highest BCUT2D eigenvalue weighted by molar-refractivity contribution is 5.98. The molecule has 0 saturated carbocycles. The molecule has 140 valence electrons. The molecule has 0 atom stereocenters. The number of Topliss-reactive ketones (excluding diaryl/α,β-unsaturated/α-hetero) is 1. The van der Waals surface area contributed by atoms with Gasteiger partial charge in [0.15, 0.2) is 17.3 Å². The molecule has 1 amide bonds. The second kappa shape index (κ2) is 8.85. The summed E-state index contributed by atoms with van der Waals surface area (Å²) in [5.41, 5.74) is 0.567. The average molecular weight is 358 g/mol. The van der Waals surface area contributed by atoms with Gasteiger partial charge in [-0.3, -0.25) is 14.5 Å². The maximum Gasteiger partial charge on any atom is 0.223 e. The Labute approximate surface area is 154 Å². The van der Waals surface area contributed by atoms with Crippen molar-refractivity contribution in [1.29, 1.82) is 0 Å². The maximum atomic E-state index is 12.5. The zero-order valence-corrected chi connectivity index (χ0v) is 15.1. The van der Waals surface area contributed by atoms with Gasteiger partial charge in [-0.05, 0) is 18.2 Å².